The van der Waals surface area contributed by atoms with Crippen LogP contribution in [-0.2, 0) is 28.6 Å². The third-order valence-electron chi connectivity index (χ3n) is 11.6. The average molecular weight is 1060 g/mol. The number of ether oxygens (including phenoxy) is 3. The van der Waals surface area contributed by atoms with Gasteiger partial charge in [0, 0.05) is 19.3 Å². The van der Waals surface area contributed by atoms with Crippen molar-refractivity contribution in [2.75, 3.05) is 13.2 Å². The van der Waals surface area contributed by atoms with E-state index in [2.05, 4.69) is 203 Å². The Morgan fingerprint density at radius 1 is 0.273 bits per heavy atom. The highest BCUT2D eigenvalue weighted by Gasteiger charge is 2.19. The number of carbonyl (C=O) groups excluding carboxylic acids is 3. The molecule has 6 nitrogen and oxygen atoms in total. The summed E-state index contributed by atoms with van der Waals surface area (Å²) in [5.41, 5.74) is 0. The van der Waals surface area contributed by atoms with Gasteiger partial charge in [-0.15, -0.1) is 0 Å². The highest BCUT2D eigenvalue weighted by Crippen LogP contribution is 2.11. The van der Waals surface area contributed by atoms with Crippen LogP contribution in [0.1, 0.15) is 213 Å². The molecule has 0 aromatic carbocycles. The van der Waals surface area contributed by atoms with Crippen LogP contribution in [0.5, 0.6) is 0 Å². The molecule has 0 aliphatic heterocycles. The zero-order chi connectivity index (χ0) is 55.7. The fraction of sp³-hybridized carbons (Fsp3) is 0.507. The number of rotatable bonds is 51. The van der Waals surface area contributed by atoms with Crippen molar-refractivity contribution in [3.05, 3.63) is 194 Å². The summed E-state index contributed by atoms with van der Waals surface area (Å²) in [6.45, 7) is 6.23. The van der Waals surface area contributed by atoms with Crippen LogP contribution in [0.2, 0.25) is 0 Å². The summed E-state index contributed by atoms with van der Waals surface area (Å²) in [6.07, 6.45) is 96.1. The van der Waals surface area contributed by atoms with Gasteiger partial charge < -0.3 is 14.2 Å². The van der Waals surface area contributed by atoms with Crippen LogP contribution in [0.4, 0.5) is 0 Å². The predicted octanol–water partition coefficient (Wildman–Crippen LogP) is 20.6. The molecule has 426 valence electrons. The lowest BCUT2D eigenvalue weighted by molar-refractivity contribution is -0.166. The molecule has 0 heterocycles. The monoisotopic (exact) mass is 1050 g/mol. The van der Waals surface area contributed by atoms with E-state index in [1.807, 2.05) is 12.2 Å². The van der Waals surface area contributed by atoms with Crippen molar-refractivity contribution in [2.24, 2.45) is 0 Å². The molecule has 0 saturated carbocycles. The topological polar surface area (TPSA) is 78.9 Å². The van der Waals surface area contributed by atoms with Gasteiger partial charge in [-0.05, 0) is 135 Å². The van der Waals surface area contributed by atoms with E-state index in [0.29, 0.717) is 19.3 Å². The molecular weight excluding hydrogens is 949 g/mol. The third-order valence-corrected chi connectivity index (χ3v) is 11.6. The molecule has 0 amide bonds. The Kier molecular flexibility index (Phi) is 58.1. The summed E-state index contributed by atoms with van der Waals surface area (Å²) in [5, 5.41) is 0. The maximum Gasteiger partial charge on any atom is 0.306 e. The second kappa shape index (κ2) is 62.8. The zero-order valence-corrected chi connectivity index (χ0v) is 48.6. The minimum atomic E-state index is -0.845. The molecule has 0 N–H and O–H groups in total. The summed E-state index contributed by atoms with van der Waals surface area (Å²) in [7, 11) is 0. The second-order valence-corrected chi connectivity index (χ2v) is 18.8. The third kappa shape index (κ3) is 61.0. The van der Waals surface area contributed by atoms with Gasteiger partial charge in [-0.2, -0.15) is 0 Å². The predicted molar refractivity (Wildman–Crippen MR) is 334 cm³/mol. The first kappa shape index (κ1) is 71.2. The number of hydrogen-bond acceptors (Lipinski definition) is 6. The minimum Gasteiger partial charge on any atom is -0.462 e. The van der Waals surface area contributed by atoms with E-state index in [-0.39, 0.29) is 38.0 Å². The van der Waals surface area contributed by atoms with Crippen LogP contribution in [0.25, 0.3) is 0 Å². The van der Waals surface area contributed by atoms with Crippen LogP contribution in [-0.4, -0.2) is 37.2 Å². The molecule has 0 aliphatic carbocycles. The lowest BCUT2D eigenvalue weighted by Crippen LogP contribution is -2.30. The van der Waals surface area contributed by atoms with Gasteiger partial charge in [0.1, 0.15) is 13.2 Å². The molecular formula is C71H106O6. The lowest BCUT2D eigenvalue weighted by Gasteiger charge is -2.18. The van der Waals surface area contributed by atoms with Crippen LogP contribution >= 0.6 is 0 Å². The number of unbranched alkanes of at least 4 members (excludes halogenated alkanes) is 8. The SMILES string of the molecule is CC/C=C\C/C=C\C/C=C\C/C=C\C/C=C\C/C=C\C/C=C\C/C=C\C/C=C\C/C=C\CCCCC(=O)OCC(COC(=O)CCCCCCCCC)OC(=O)CC/C=C\C/C=C\C/C=C\C/C=C\C/C=C\C/C=C\CC. The Morgan fingerprint density at radius 2 is 0.532 bits per heavy atom. The zero-order valence-electron chi connectivity index (χ0n) is 48.6. The smallest absolute Gasteiger partial charge is 0.306 e. The van der Waals surface area contributed by atoms with Crippen molar-refractivity contribution >= 4 is 17.9 Å². The van der Waals surface area contributed by atoms with Gasteiger partial charge in [-0.1, -0.05) is 254 Å². The van der Waals surface area contributed by atoms with Crippen LogP contribution in [0, 0.1) is 0 Å². The van der Waals surface area contributed by atoms with E-state index >= 15 is 0 Å². The molecule has 0 radical (unpaired) electrons. The quantitative estimate of drug-likeness (QED) is 0.0261. The maximum absolute atomic E-state index is 12.8. The van der Waals surface area contributed by atoms with Gasteiger partial charge in [0.05, 0.1) is 0 Å². The van der Waals surface area contributed by atoms with E-state index in [1.54, 1.807) is 0 Å². The van der Waals surface area contributed by atoms with Crippen LogP contribution < -0.4 is 0 Å². The number of carbonyl (C=O) groups is 3. The molecule has 0 aromatic heterocycles. The van der Waals surface area contributed by atoms with Gasteiger partial charge in [0.15, 0.2) is 6.10 Å². The molecule has 1 unspecified atom stereocenters. The van der Waals surface area contributed by atoms with Crippen molar-refractivity contribution in [3.63, 3.8) is 0 Å². The molecule has 6 heteroatoms. The van der Waals surface area contributed by atoms with Gasteiger partial charge >= 0.3 is 17.9 Å². The molecule has 0 bridgehead atoms. The molecule has 0 fully saturated rings. The van der Waals surface area contributed by atoms with Gasteiger partial charge in [-0.25, -0.2) is 0 Å². The van der Waals surface area contributed by atoms with E-state index in [0.717, 1.165) is 135 Å². The van der Waals surface area contributed by atoms with Crippen molar-refractivity contribution in [1.29, 1.82) is 0 Å². The Balaban J connectivity index is 4.38. The highest BCUT2D eigenvalue weighted by atomic mass is 16.6. The summed E-state index contributed by atoms with van der Waals surface area (Å²) >= 11 is 0. The number of esters is 3. The second-order valence-electron chi connectivity index (χ2n) is 18.8. The standard InChI is InChI=1S/C71H106O6/c1-4-7-10-13-16-18-20-22-24-26-28-29-30-31-32-33-34-35-36-37-38-39-40-41-43-44-46-48-50-52-55-58-61-64-70(73)76-67-68(66-75-69(72)63-60-57-54-15-12-9-6-3)77-71(74)65-62-59-56-53-51-49-47-45-42-27-25-23-21-19-17-14-11-8-5-2/h7-8,10-11,16-19,22-25,28-29,31-32,34-35,37-38,40-42,44-46,49-52,56,59,68H,4-6,9,12-15,20-21,26-27,30,33,36,39,43,47-48,53-55,57-58,60-67H2,1-3H3/b10-7-,11-8-,18-16-,19-17-,24-22-,25-23-,29-28-,32-31-,35-34-,38-37-,41-40-,45-42-,46-44-,51-49-,52-50-,59-56-. The molecule has 1 atom stereocenters. The van der Waals surface area contributed by atoms with Gasteiger partial charge in [0.25, 0.3) is 0 Å². The molecule has 0 saturated heterocycles. The van der Waals surface area contributed by atoms with Gasteiger partial charge in [-0.3, -0.25) is 14.4 Å². The van der Waals surface area contributed by atoms with E-state index < -0.39 is 12.1 Å². The summed E-state index contributed by atoms with van der Waals surface area (Å²) in [5.74, 6) is -1.08. The lowest BCUT2D eigenvalue weighted by atomic mass is 10.1. The Labute approximate surface area is 471 Å². The van der Waals surface area contributed by atoms with Gasteiger partial charge in [0.2, 0.25) is 0 Å². The van der Waals surface area contributed by atoms with Crippen LogP contribution in [0.3, 0.4) is 0 Å². The largest absolute Gasteiger partial charge is 0.462 e. The molecule has 0 aliphatic rings. The van der Waals surface area contributed by atoms with Crippen molar-refractivity contribution in [3.8, 4) is 0 Å². The average Bonchev–Trinajstić information content (AvgIpc) is 3.43. The van der Waals surface area contributed by atoms with E-state index in [4.69, 9.17) is 14.2 Å². The Morgan fingerprint density at radius 3 is 0.844 bits per heavy atom. The van der Waals surface area contributed by atoms with E-state index in [1.165, 1.54) is 25.7 Å². The van der Waals surface area contributed by atoms with Crippen molar-refractivity contribution in [2.45, 2.75) is 219 Å². The molecule has 77 heavy (non-hydrogen) atoms. The molecule has 0 rings (SSSR count). The number of allylic oxidation sites excluding steroid dienone is 32. The summed E-state index contributed by atoms with van der Waals surface area (Å²) < 4.78 is 16.7. The highest BCUT2D eigenvalue weighted by molar-refractivity contribution is 5.71. The Hall–Kier alpha value is -5.75. The maximum atomic E-state index is 12.8. The van der Waals surface area contributed by atoms with E-state index in [9.17, 15) is 14.4 Å². The van der Waals surface area contributed by atoms with Crippen LogP contribution in [0.15, 0.2) is 194 Å². The fourth-order valence-electron chi connectivity index (χ4n) is 7.20. The molecule has 0 aromatic rings. The minimum absolute atomic E-state index is 0.131. The first-order valence-electron chi connectivity index (χ1n) is 29.9. The number of hydrogen-bond donors (Lipinski definition) is 0. The summed E-state index contributed by atoms with van der Waals surface area (Å²) in [6, 6.07) is 0. The van der Waals surface area contributed by atoms with Crippen molar-refractivity contribution < 1.29 is 28.6 Å². The van der Waals surface area contributed by atoms with Crippen molar-refractivity contribution in [1.82, 2.24) is 0 Å². The molecule has 0 spiro atoms. The summed E-state index contributed by atoms with van der Waals surface area (Å²) in [4.78, 5) is 37.9. The normalized spacial score (nSPS) is 13.5. The first-order valence-corrected chi connectivity index (χ1v) is 29.9. The fourth-order valence-corrected chi connectivity index (χ4v) is 7.20. The first-order chi connectivity index (χ1) is 38.0. The Bertz CT molecular complexity index is 1880.